The molecule has 25 heavy (non-hydrogen) atoms. The third kappa shape index (κ3) is 8.77. The highest BCUT2D eigenvalue weighted by Crippen LogP contribution is 2.38. The fourth-order valence-corrected chi connectivity index (χ4v) is 3.12. The molecule has 0 fully saturated rings. The van der Waals surface area contributed by atoms with E-state index in [0.717, 1.165) is 0 Å². The highest BCUT2D eigenvalue weighted by molar-refractivity contribution is 6.76. The first-order valence-corrected chi connectivity index (χ1v) is 12.0. The van der Waals surface area contributed by atoms with Crippen LogP contribution in [-0.4, -0.2) is 42.8 Å². The van der Waals surface area contributed by atoms with Crippen LogP contribution in [0.15, 0.2) is 12.2 Å². The van der Waals surface area contributed by atoms with Gasteiger partial charge in [-0.05, 0) is 38.1 Å². The first-order valence-electron chi connectivity index (χ1n) is 7.97. The van der Waals surface area contributed by atoms with Gasteiger partial charge in [0.05, 0.1) is 12.7 Å². The third-order valence-corrected chi connectivity index (χ3v) is 9.06. The minimum absolute atomic E-state index is 0.0145. The van der Waals surface area contributed by atoms with Crippen LogP contribution in [-0.2, 0) is 18.7 Å². The summed E-state index contributed by atoms with van der Waals surface area (Å²) >= 11 is 17.1. The van der Waals surface area contributed by atoms with Crippen molar-refractivity contribution in [2.24, 2.45) is 0 Å². The van der Waals surface area contributed by atoms with Gasteiger partial charge in [0.25, 0.3) is 3.79 Å². The largest absolute Gasteiger partial charge is 0.468 e. The summed E-state index contributed by atoms with van der Waals surface area (Å²) in [6.45, 7) is 14.3. The van der Waals surface area contributed by atoms with Gasteiger partial charge in [-0.25, -0.2) is 4.79 Å². The molecule has 0 unspecified atom stereocenters. The summed E-state index contributed by atoms with van der Waals surface area (Å²) in [6, 6.07) is 0. The van der Waals surface area contributed by atoms with Gasteiger partial charge in [0.1, 0.15) is 6.10 Å². The molecule has 0 aliphatic heterocycles. The Kier molecular flexibility index (Phi) is 9.50. The topological polar surface area (TPSA) is 68.6 Å². The standard InChI is InChI=1S/C16H28Cl3NO4Si/c1-8-22-13(21)10-9-12(23-14(20)16(17,18)19)11(2)24-25(6,7)15(3,4)5/h9-12,20H,8H2,1-7H3/b10-9+,20-14?/t11-,12-/m1/s1. The van der Waals surface area contributed by atoms with Crippen LogP contribution in [0.3, 0.4) is 0 Å². The van der Waals surface area contributed by atoms with Gasteiger partial charge in [0.15, 0.2) is 8.32 Å². The number of rotatable bonds is 7. The van der Waals surface area contributed by atoms with Crippen LogP contribution >= 0.6 is 34.8 Å². The molecule has 0 rings (SSSR count). The second-order valence-electron chi connectivity index (χ2n) is 7.10. The van der Waals surface area contributed by atoms with E-state index in [9.17, 15) is 4.79 Å². The summed E-state index contributed by atoms with van der Waals surface area (Å²) < 4.78 is 14.6. The van der Waals surface area contributed by atoms with E-state index in [-0.39, 0.29) is 11.6 Å². The van der Waals surface area contributed by atoms with Crippen molar-refractivity contribution < 1.29 is 18.7 Å². The normalized spacial score (nSPS) is 15.8. The highest BCUT2D eigenvalue weighted by Gasteiger charge is 2.40. The lowest BCUT2D eigenvalue weighted by Crippen LogP contribution is -2.47. The van der Waals surface area contributed by atoms with E-state index in [2.05, 4.69) is 33.9 Å². The molecule has 2 atom stereocenters. The van der Waals surface area contributed by atoms with Crippen LogP contribution in [0, 0.1) is 5.41 Å². The molecule has 0 bridgehead atoms. The molecule has 0 saturated heterocycles. The average molecular weight is 433 g/mol. The maximum absolute atomic E-state index is 11.6. The molecule has 0 aliphatic carbocycles. The summed E-state index contributed by atoms with van der Waals surface area (Å²) in [7, 11) is -2.10. The number of hydrogen-bond acceptors (Lipinski definition) is 5. The van der Waals surface area contributed by atoms with E-state index in [4.69, 9.17) is 54.1 Å². The van der Waals surface area contributed by atoms with Gasteiger partial charge in [-0.2, -0.15) is 0 Å². The van der Waals surface area contributed by atoms with Crippen LogP contribution in [0.25, 0.3) is 0 Å². The second-order valence-corrected chi connectivity index (χ2v) is 14.1. The maximum atomic E-state index is 11.6. The van der Waals surface area contributed by atoms with Crippen LogP contribution in [0.2, 0.25) is 18.1 Å². The van der Waals surface area contributed by atoms with Crippen LogP contribution in [0.1, 0.15) is 34.6 Å². The Morgan fingerprint density at radius 1 is 1.24 bits per heavy atom. The Hall–Kier alpha value is -0.273. The lowest BCUT2D eigenvalue weighted by atomic mass is 10.2. The van der Waals surface area contributed by atoms with Gasteiger partial charge in [-0.3, -0.25) is 5.41 Å². The summed E-state index contributed by atoms with van der Waals surface area (Å²) in [6.07, 6.45) is 1.45. The molecule has 0 spiro atoms. The van der Waals surface area contributed by atoms with Crippen molar-refractivity contribution in [3.05, 3.63) is 12.2 Å². The first-order chi connectivity index (χ1) is 11.1. The van der Waals surface area contributed by atoms with Crippen LogP contribution in [0.4, 0.5) is 0 Å². The lowest BCUT2D eigenvalue weighted by molar-refractivity contribution is -0.137. The van der Waals surface area contributed by atoms with Crippen LogP contribution in [0.5, 0.6) is 0 Å². The monoisotopic (exact) mass is 431 g/mol. The quantitative estimate of drug-likeness (QED) is 0.149. The van der Waals surface area contributed by atoms with Gasteiger partial charge in [-0.15, -0.1) is 0 Å². The van der Waals surface area contributed by atoms with Crippen molar-refractivity contribution in [1.29, 1.82) is 5.41 Å². The number of carbonyl (C=O) groups excluding carboxylic acids is 1. The Balaban J connectivity index is 5.36. The molecule has 0 aliphatic rings. The minimum atomic E-state index is -2.10. The second kappa shape index (κ2) is 9.60. The van der Waals surface area contributed by atoms with Crippen molar-refractivity contribution in [3.8, 4) is 0 Å². The molecule has 1 N–H and O–H groups in total. The molecule has 5 nitrogen and oxygen atoms in total. The molecule has 0 aromatic heterocycles. The summed E-state index contributed by atoms with van der Waals surface area (Å²) in [5.41, 5.74) is 0. The smallest absolute Gasteiger partial charge is 0.330 e. The molecule has 0 radical (unpaired) electrons. The van der Waals surface area contributed by atoms with Crippen LogP contribution < -0.4 is 0 Å². The number of alkyl halides is 3. The van der Waals surface area contributed by atoms with Crippen molar-refractivity contribution in [1.82, 2.24) is 0 Å². The van der Waals surface area contributed by atoms with E-state index >= 15 is 0 Å². The number of carbonyl (C=O) groups is 1. The molecule has 0 aromatic rings. The lowest BCUT2D eigenvalue weighted by Gasteiger charge is -2.40. The van der Waals surface area contributed by atoms with Gasteiger partial charge in [0, 0.05) is 6.08 Å². The molecule has 0 amide bonds. The zero-order valence-electron chi connectivity index (χ0n) is 15.8. The number of nitrogens with one attached hydrogen (secondary N) is 1. The Morgan fingerprint density at radius 2 is 1.76 bits per heavy atom. The zero-order valence-corrected chi connectivity index (χ0v) is 19.1. The van der Waals surface area contributed by atoms with Crippen molar-refractivity contribution >= 4 is 55.0 Å². The van der Waals surface area contributed by atoms with Gasteiger partial charge in [0.2, 0.25) is 5.90 Å². The van der Waals surface area contributed by atoms with Gasteiger partial charge < -0.3 is 13.9 Å². The number of esters is 1. The van der Waals surface area contributed by atoms with Gasteiger partial charge >= 0.3 is 5.97 Å². The van der Waals surface area contributed by atoms with Crippen molar-refractivity contribution in [2.45, 2.75) is 68.8 Å². The zero-order chi connectivity index (χ0) is 20.1. The van der Waals surface area contributed by atoms with E-state index in [1.54, 1.807) is 13.8 Å². The van der Waals surface area contributed by atoms with E-state index in [1.807, 2.05) is 0 Å². The fraction of sp³-hybridized carbons (Fsp3) is 0.750. The maximum Gasteiger partial charge on any atom is 0.330 e. The Bertz CT molecular complexity index is 499. The van der Waals surface area contributed by atoms with E-state index in [1.165, 1.54) is 12.2 Å². The molecular weight excluding hydrogens is 405 g/mol. The third-order valence-electron chi connectivity index (χ3n) is 3.97. The Labute approximate surface area is 166 Å². The summed E-state index contributed by atoms with van der Waals surface area (Å²) in [4.78, 5) is 11.6. The number of halogens is 3. The Morgan fingerprint density at radius 3 is 2.16 bits per heavy atom. The van der Waals surface area contributed by atoms with Crippen molar-refractivity contribution in [3.63, 3.8) is 0 Å². The highest BCUT2D eigenvalue weighted by atomic mass is 35.6. The number of ether oxygens (including phenoxy) is 2. The average Bonchev–Trinajstić information content (AvgIpc) is 2.40. The van der Waals surface area contributed by atoms with Crippen molar-refractivity contribution in [2.75, 3.05) is 6.61 Å². The molecule has 0 aromatic carbocycles. The first kappa shape index (κ1) is 24.7. The minimum Gasteiger partial charge on any atom is -0.468 e. The van der Waals surface area contributed by atoms with E-state index < -0.39 is 36.2 Å². The molecule has 0 heterocycles. The molecule has 9 heteroatoms. The fourth-order valence-electron chi connectivity index (χ4n) is 1.57. The SMILES string of the molecule is CCOC(=O)/C=C/[C@@H](OC(=N)C(Cl)(Cl)Cl)[C@@H](C)O[Si](C)(C)C(C)(C)C. The van der Waals surface area contributed by atoms with Gasteiger partial charge in [-0.1, -0.05) is 55.6 Å². The predicted octanol–water partition coefficient (Wildman–Crippen LogP) is 5.25. The van der Waals surface area contributed by atoms with E-state index in [0.29, 0.717) is 0 Å². The molecular formula is C16H28Cl3NO4Si. The summed E-state index contributed by atoms with van der Waals surface area (Å²) in [5, 5.41) is 7.76. The molecule has 0 saturated carbocycles. The molecule has 146 valence electrons. The predicted molar refractivity (Wildman–Crippen MR) is 106 cm³/mol. The number of hydrogen-bond donors (Lipinski definition) is 1. The summed E-state index contributed by atoms with van der Waals surface area (Å²) in [5.74, 6) is -1.06.